The molecule has 9 heteroatoms. The Morgan fingerprint density at radius 2 is 1.79 bits per heavy atom. The van der Waals surface area contributed by atoms with Gasteiger partial charge in [0.2, 0.25) is 5.91 Å². The van der Waals surface area contributed by atoms with Crippen molar-refractivity contribution in [2.45, 2.75) is 44.8 Å². The van der Waals surface area contributed by atoms with Crippen molar-refractivity contribution in [3.63, 3.8) is 0 Å². The van der Waals surface area contributed by atoms with E-state index in [1.807, 2.05) is 42.5 Å². The fraction of sp³-hybridized carbons (Fsp3) is 0.345. The highest BCUT2D eigenvalue weighted by atomic mass is 35.5. The van der Waals surface area contributed by atoms with Crippen molar-refractivity contribution in [3.05, 3.63) is 76.3 Å². The Kier molecular flexibility index (Phi) is 6.82. The topological polar surface area (TPSA) is 120 Å². The molecule has 194 valence electrons. The number of nitrogens with zero attached hydrogens (tertiary/aromatic N) is 3. The summed E-state index contributed by atoms with van der Waals surface area (Å²) >= 11 is 6.36. The van der Waals surface area contributed by atoms with Crippen LogP contribution < -0.4 is 4.90 Å². The number of hydrogen-bond donors (Lipinski definition) is 0. The Bertz CT molecular complexity index is 1420. The highest BCUT2D eigenvalue weighted by Crippen LogP contribution is 2.61. The van der Waals surface area contributed by atoms with Crippen LogP contribution in [0.25, 0.3) is 0 Å². The number of halogens is 1. The fourth-order valence-corrected chi connectivity index (χ4v) is 5.54. The van der Waals surface area contributed by atoms with E-state index in [-0.39, 0.29) is 18.5 Å². The molecular weight excluding hydrogens is 506 g/mol. The number of fused-ring (bicyclic) bond motifs is 2. The van der Waals surface area contributed by atoms with E-state index in [0.717, 1.165) is 12.7 Å². The van der Waals surface area contributed by atoms with Crippen molar-refractivity contribution in [2.75, 3.05) is 12.0 Å². The van der Waals surface area contributed by atoms with Gasteiger partial charge in [0.25, 0.3) is 0 Å². The number of esters is 2. The monoisotopic (exact) mass is 531 g/mol. The van der Waals surface area contributed by atoms with Crippen LogP contribution in [0.15, 0.2) is 60.2 Å². The van der Waals surface area contributed by atoms with Crippen molar-refractivity contribution >= 4 is 35.1 Å². The summed E-state index contributed by atoms with van der Waals surface area (Å²) in [4.78, 5) is 42.4. The van der Waals surface area contributed by atoms with E-state index in [2.05, 4.69) is 0 Å². The van der Waals surface area contributed by atoms with Gasteiger partial charge in [-0.05, 0) is 56.5 Å². The standard InChI is InChI=1S/C29H26ClN3O5/c1-27(2,3)38-24(34)20-12-13-29(28(16-31,17-32)23(20)25(35)37-4)21-14-19(30)10-11-22(21)33(26(29)36)15-18-8-6-5-7-9-18/h5-12,14,23H,13,15H2,1-4H3/t23-,29+/m1/s1. The molecule has 0 unspecified atom stereocenters. The lowest BCUT2D eigenvalue weighted by atomic mass is 9.50. The maximum Gasteiger partial charge on any atom is 0.335 e. The first kappa shape index (κ1) is 26.9. The molecule has 0 saturated heterocycles. The summed E-state index contributed by atoms with van der Waals surface area (Å²) in [5.41, 5.74) is -3.66. The molecule has 1 amide bonds. The van der Waals surface area contributed by atoms with Gasteiger partial charge in [-0.3, -0.25) is 9.59 Å². The minimum absolute atomic E-state index is 0.161. The lowest BCUT2D eigenvalue weighted by Gasteiger charge is -2.45. The van der Waals surface area contributed by atoms with Crippen molar-refractivity contribution in [2.24, 2.45) is 11.3 Å². The number of hydrogen-bond acceptors (Lipinski definition) is 7. The second-order valence-electron chi connectivity index (χ2n) is 10.3. The smallest absolute Gasteiger partial charge is 0.335 e. The minimum atomic E-state index is -2.34. The van der Waals surface area contributed by atoms with Gasteiger partial charge in [-0.25, -0.2) is 4.79 Å². The van der Waals surface area contributed by atoms with Gasteiger partial charge in [-0.15, -0.1) is 0 Å². The van der Waals surface area contributed by atoms with Crippen LogP contribution in [0, 0.1) is 34.0 Å². The van der Waals surface area contributed by atoms with E-state index in [0.29, 0.717) is 16.3 Å². The number of allylic oxidation sites excluding steroid dienone is 1. The SMILES string of the molecule is COC(=O)[C@H]1C(C(=O)OC(C)(C)C)=CC[C@]2(C(=O)N(Cc3ccccc3)c3ccc(Cl)cc32)C1(C#N)C#N. The van der Waals surface area contributed by atoms with Crippen molar-refractivity contribution in [1.82, 2.24) is 0 Å². The Morgan fingerprint density at radius 3 is 2.37 bits per heavy atom. The van der Waals surface area contributed by atoms with Gasteiger partial charge in [0.15, 0.2) is 5.41 Å². The quantitative estimate of drug-likeness (QED) is 0.528. The van der Waals surface area contributed by atoms with Crippen LogP contribution in [0.4, 0.5) is 5.69 Å². The molecule has 0 saturated carbocycles. The summed E-state index contributed by atoms with van der Waals surface area (Å²) in [7, 11) is 1.10. The van der Waals surface area contributed by atoms with Gasteiger partial charge in [-0.1, -0.05) is 48.0 Å². The first-order valence-electron chi connectivity index (χ1n) is 12.0. The number of methoxy groups -OCH3 is 1. The Morgan fingerprint density at radius 1 is 1.13 bits per heavy atom. The van der Waals surface area contributed by atoms with Gasteiger partial charge < -0.3 is 14.4 Å². The van der Waals surface area contributed by atoms with Gasteiger partial charge >= 0.3 is 11.9 Å². The molecule has 0 radical (unpaired) electrons. The highest BCUT2D eigenvalue weighted by Gasteiger charge is 2.71. The third-order valence-corrected chi connectivity index (χ3v) is 7.21. The Balaban J connectivity index is 1.99. The molecule has 0 bridgehead atoms. The summed E-state index contributed by atoms with van der Waals surface area (Å²) in [5, 5.41) is 21.6. The third-order valence-electron chi connectivity index (χ3n) is 6.97. The fourth-order valence-electron chi connectivity index (χ4n) is 5.37. The normalized spacial score (nSPS) is 21.7. The lowest BCUT2D eigenvalue weighted by Crippen LogP contribution is -2.59. The number of carbonyl (C=O) groups excluding carboxylic acids is 3. The third kappa shape index (κ3) is 4.02. The molecule has 0 aromatic heterocycles. The van der Waals surface area contributed by atoms with E-state index in [1.165, 1.54) is 11.0 Å². The molecule has 2 aliphatic rings. The van der Waals surface area contributed by atoms with E-state index in [4.69, 9.17) is 21.1 Å². The average Bonchev–Trinajstić information content (AvgIpc) is 3.10. The van der Waals surface area contributed by atoms with E-state index in [9.17, 15) is 24.9 Å². The number of benzene rings is 2. The molecule has 1 heterocycles. The molecule has 4 rings (SSSR count). The molecule has 2 aromatic rings. The average molecular weight is 532 g/mol. The number of ether oxygens (including phenoxy) is 2. The maximum absolute atomic E-state index is 14.4. The predicted octanol–water partition coefficient (Wildman–Crippen LogP) is 4.62. The van der Waals surface area contributed by atoms with E-state index in [1.54, 1.807) is 39.0 Å². The van der Waals surface area contributed by atoms with Crippen molar-refractivity contribution in [3.8, 4) is 12.1 Å². The van der Waals surface area contributed by atoms with Crippen LogP contribution in [0.1, 0.15) is 38.3 Å². The summed E-state index contributed by atoms with van der Waals surface area (Å²) in [5.74, 6) is -4.12. The van der Waals surface area contributed by atoms with Gasteiger partial charge in [0.1, 0.15) is 16.9 Å². The zero-order chi connectivity index (χ0) is 27.9. The van der Waals surface area contributed by atoms with Gasteiger partial charge in [0, 0.05) is 10.7 Å². The van der Waals surface area contributed by atoms with Gasteiger partial charge in [-0.2, -0.15) is 10.5 Å². The number of rotatable bonds is 4. The number of nitriles is 2. The van der Waals surface area contributed by atoms with Crippen LogP contribution in [-0.4, -0.2) is 30.6 Å². The molecule has 2 aromatic carbocycles. The first-order chi connectivity index (χ1) is 18.0. The lowest BCUT2D eigenvalue weighted by molar-refractivity contribution is -0.158. The highest BCUT2D eigenvalue weighted by molar-refractivity contribution is 6.31. The molecule has 1 spiro atoms. The molecule has 38 heavy (non-hydrogen) atoms. The van der Waals surface area contributed by atoms with Crippen LogP contribution in [0.3, 0.4) is 0 Å². The minimum Gasteiger partial charge on any atom is -0.468 e. The van der Waals surface area contributed by atoms with Crippen LogP contribution in [-0.2, 0) is 35.8 Å². The molecule has 8 nitrogen and oxygen atoms in total. The summed E-state index contributed by atoms with van der Waals surface area (Å²) in [6.45, 7) is 5.13. The number of carbonyl (C=O) groups is 3. The molecule has 0 N–H and O–H groups in total. The van der Waals surface area contributed by atoms with E-state index >= 15 is 0 Å². The maximum atomic E-state index is 14.4. The second-order valence-corrected chi connectivity index (χ2v) is 10.7. The first-order valence-corrected chi connectivity index (χ1v) is 12.3. The zero-order valence-corrected chi connectivity index (χ0v) is 22.2. The zero-order valence-electron chi connectivity index (χ0n) is 21.4. The molecule has 1 aliphatic heterocycles. The van der Waals surface area contributed by atoms with Crippen LogP contribution in [0.5, 0.6) is 0 Å². The number of anilines is 1. The van der Waals surface area contributed by atoms with Crippen LogP contribution >= 0.6 is 11.6 Å². The molecule has 1 aliphatic carbocycles. The van der Waals surface area contributed by atoms with Gasteiger partial charge in [0.05, 0.1) is 31.4 Å². The largest absolute Gasteiger partial charge is 0.468 e. The number of amides is 1. The molecule has 0 fully saturated rings. The van der Waals surface area contributed by atoms with Crippen LogP contribution in [0.2, 0.25) is 5.02 Å². The van der Waals surface area contributed by atoms with Crippen molar-refractivity contribution in [1.29, 1.82) is 10.5 Å². The van der Waals surface area contributed by atoms with E-state index < -0.39 is 40.2 Å². The summed E-state index contributed by atoms with van der Waals surface area (Å²) in [6, 6.07) is 18.0. The summed E-state index contributed by atoms with van der Waals surface area (Å²) in [6.07, 6.45) is 1.21. The Labute approximate surface area is 226 Å². The molecular formula is C29H26ClN3O5. The van der Waals surface area contributed by atoms with Crippen molar-refractivity contribution < 1.29 is 23.9 Å². The summed E-state index contributed by atoms with van der Waals surface area (Å²) < 4.78 is 10.5. The second kappa shape index (κ2) is 9.63. The predicted molar refractivity (Wildman–Crippen MR) is 138 cm³/mol. The Hall–Kier alpha value is -4.14. The molecule has 2 atom stereocenters.